The minimum absolute atomic E-state index is 0.744. The fraction of sp³-hybridized carbons (Fsp3) is 0.400. The van der Waals surface area contributed by atoms with Gasteiger partial charge in [-0.1, -0.05) is 37.6 Å². The van der Waals surface area contributed by atoms with Crippen LogP contribution >= 0.6 is 11.6 Å². The Hall–Kier alpha value is -1.32. The second-order valence-electron chi connectivity index (χ2n) is 4.52. The highest BCUT2D eigenvalue weighted by atomic mass is 35.5. The highest BCUT2D eigenvalue weighted by Crippen LogP contribution is 2.26. The maximum absolute atomic E-state index is 6.39. The zero-order valence-electron chi connectivity index (χ0n) is 11.7. The number of hydrogen-bond donors (Lipinski definition) is 1. The van der Waals surface area contributed by atoms with Crippen LogP contribution in [0.5, 0.6) is 0 Å². The summed E-state index contributed by atoms with van der Waals surface area (Å²) < 4.78 is 1.99. The van der Waals surface area contributed by atoms with Gasteiger partial charge in [0.25, 0.3) is 0 Å². The van der Waals surface area contributed by atoms with Crippen molar-refractivity contribution in [2.24, 2.45) is 0 Å². The molecule has 2 aromatic rings. The Morgan fingerprint density at radius 3 is 2.68 bits per heavy atom. The van der Waals surface area contributed by atoms with Gasteiger partial charge in [0.05, 0.1) is 16.4 Å². The molecule has 0 unspecified atom stereocenters. The van der Waals surface area contributed by atoms with E-state index in [1.165, 1.54) is 5.69 Å². The van der Waals surface area contributed by atoms with Crippen LogP contribution in [0, 0.1) is 0 Å². The summed E-state index contributed by atoms with van der Waals surface area (Å²) in [6.07, 6.45) is 1.88. The Bertz CT molecular complexity index is 561. The van der Waals surface area contributed by atoms with Crippen molar-refractivity contribution in [1.29, 1.82) is 0 Å². The van der Waals surface area contributed by atoms with E-state index in [1.54, 1.807) is 0 Å². The van der Waals surface area contributed by atoms with E-state index >= 15 is 0 Å². The van der Waals surface area contributed by atoms with Gasteiger partial charge in [0.15, 0.2) is 0 Å². The number of aromatic nitrogens is 2. The molecule has 0 atom stereocenters. The minimum atomic E-state index is 0.744. The van der Waals surface area contributed by atoms with Gasteiger partial charge in [-0.3, -0.25) is 0 Å². The number of halogens is 1. The Balaban J connectivity index is 2.60. The van der Waals surface area contributed by atoms with E-state index in [1.807, 2.05) is 23.9 Å². The average Bonchev–Trinajstić information content (AvgIpc) is 2.82. The monoisotopic (exact) mass is 277 g/mol. The first-order valence-electron chi connectivity index (χ1n) is 6.71. The molecule has 3 nitrogen and oxygen atoms in total. The van der Waals surface area contributed by atoms with E-state index in [2.05, 4.69) is 36.4 Å². The summed E-state index contributed by atoms with van der Waals surface area (Å²) in [6, 6.07) is 8.15. The van der Waals surface area contributed by atoms with Gasteiger partial charge in [0.2, 0.25) is 0 Å². The Morgan fingerprint density at radius 2 is 2.05 bits per heavy atom. The number of rotatable bonds is 5. The van der Waals surface area contributed by atoms with Crippen molar-refractivity contribution in [3.8, 4) is 5.69 Å². The minimum Gasteiger partial charge on any atom is -0.316 e. The van der Waals surface area contributed by atoms with Crippen LogP contribution in [0.25, 0.3) is 5.69 Å². The van der Waals surface area contributed by atoms with Gasteiger partial charge in [0, 0.05) is 12.2 Å². The fourth-order valence-electron chi connectivity index (χ4n) is 2.22. The van der Waals surface area contributed by atoms with E-state index in [-0.39, 0.29) is 0 Å². The van der Waals surface area contributed by atoms with Crippen molar-refractivity contribution >= 4 is 11.6 Å². The quantitative estimate of drug-likeness (QED) is 0.908. The normalized spacial score (nSPS) is 10.9. The largest absolute Gasteiger partial charge is 0.316 e. The number of hydrogen-bond acceptors (Lipinski definition) is 2. The Kier molecular flexibility index (Phi) is 4.61. The summed E-state index contributed by atoms with van der Waals surface area (Å²) in [5.41, 5.74) is 4.46. The molecule has 19 heavy (non-hydrogen) atoms. The third kappa shape index (κ3) is 2.82. The molecule has 4 heteroatoms. The zero-order valence-corrected chi connectivity index (χ0v) is 12.5. The van der Waals surface area contributed by atoms with Crippen molar-refractivity contribution in [3.63, 3.8) is 0 Å². The van der Waals surface area contributed by atoms with Gasteiger partial charge in [-0.05, 0) is 37.6 Å². The molecule has 1 aromatic carbocycles. The Labute approximate surface area is 119 Å². The molecule has 1 N–H and O–H groups in total. The lowest BCUT2D eigenvalue weighted by Crippen LogP contribution is -2.11. The van der Waals surface area contributed by atoms with Gasteiger partial charge in [0.1, 0.15) is 0 Å². The topological polar surface area (TPSA) is 29.9 Å². The SMILES string of the molecule is CCc1cc(CC)n(-c2c(Cl)cccc2CNC)n1. The molecule has 0 spiro atoms. The lowest BCUT2D eigenvalue weighted by Gasteiger charge is -2.13. The molecule has 0 aliphatic heterocycles. The summed E-state index contributed by atoms with van der Waals surface area (Å²) in [5.74, 6) is 0. The number of para-hydroxylation sites is 1. The first-order chi connectivity index (χ1) is 9.21. The molecular weight excluding hydrogens is 258 g/mol. The average molecular weight is 278 g/mol. The summed E-state index contributed by atoms with van der Waals surface area (Å²) in [7, 11) is 1.94. The van der Waals surface area contributed by atoms with E-state index in [4.69, 9.17) is 11.6 Å². The number of nitrogens with one attached hydrogen (secondary N) is 1. The predicted molar refractivity (Wildman–Crippen MR) is 80.1 cm³/mol. The van der Waals surface area contributed by atoms with Crippen molar-refractivity contribution in [1.82, 2.24) is 15.1 Å². The van der Waals surface area contributed by atoms with Gasteiger partial charge >= 0.3 is 0 Å². The van der Waals surface area contributed by atoms with Crippen LogP contribution in [-0.4, -0.2) is 16.8 Å². The molecule has 2 rings (SSSR count). The van der Waals surface area contributed by atoms with Gasteiger partial charge in [-0.15, -0.1) is 0 Å². The van der Waals surface area contributed by atoms with Crippen LogP contribution in [0.15, 0.2) is 24.3 Å². The molecule has 0 radical (unpaired) electrons. The van der Waals surface area contributed by atoms with Crippen molar-refractivity contribution in [3.05, 3.63) is 46.2 Å². The molecule has 0 saturated carbocycles. The standard InChI is InChI=1S/C15H20ClN3/c1-4-12-9-13(5-2)19(18-12)15-11(10-17-3)7-6-8-14(15)16/h6-9,17H,4-5,10H2,1-3H3. The van der Waals surface area contributed by atoms with Gasteiger partial charge < -0.3 is 5.32 Å². The van der Waals surface area contributed by atoms with E-state index in [0.29, 0.717) is 0 Å². The third-order valence-corrected chi connectivity index (χ3v) is 3.51. The van der Waals surface area contributed by atoms with E-state index in [9.17, 15) is 0 Å². The smallest absolute Gasteiger partial charge is 0.0879 e. The molecule has 0 bridgehead atoms. The van der Waals surface area contributed by atoms with Crippen LogP contribution in [0.1, 0.15) is 30.8 Å². The molecule has 1 aromatic heterocycles. The second-order valence-corrected chi connectivity index (χ2v) is 4.93. The fourth-order valence-corrected chi connectivity index (χ4v) is 2.50. The first kappa shape index (κ1) is 14.1. The maximum Gasteiger partial charge on any atom is 0.0879 e. The molecule has 1 heterocycles. The Morgan fingerprint density at radius 1 is 1.26 bits per heavy atom. The lowest BCUT2D eigenvalue weighted by molar-refractivity contribution is 0.758. The molecule has 0 fully saturated rings. The first-order valence-corrected chi connectivity index (χ1v) is 7.09. The van der Waals surface area contributed by atoms with Crippen LogP contribution < -0.4 is 5.32 Å². The third-order valence-electron chi connectivity index (χ3n) is 3.21. The highest BCUT2D eigenvalue weighted by Gasteiger charge is 2.14. The van der Waals surface area contributed by atoms with Crippen LogP contribution in [0.2, 0.25) is 5.02 Å². The summed E-state index contributed by atoms with van der Waals surface area (Å²) in [5, 5.41) is 8.60. The second kappa shape index (κ2) is 6.22. The zero-order chi connectivity index (χ0) is 13.8. The van der Waals surface area contributed by atoms with Crippen molar-refractivity contribution < 1.29 is 0 Å². The molecule has 0 saturated heterocycles. The van der Waals surface area contributed by atoms with Crippen LogP contribution in [0.3, 0.4) is 0 Å². The van der Waals surface area contributed by atoms with Gasteiger partial charge in [-0.25, -0.2) is 4.68 Å². The molecule has 0 aliphatic carbocycles. The summed E-state index contributed by atoms with van der Waals surface area (Å²) in [6.45, 7) is 5.04. The van der Waals surface area contributed by atoms with Crippen molar-refractivity contribution in [2.75, 3.05) is 7.05 Å². The van der Waals surface area contributed by atoms with Crippen molar-refractivity contribution in [2.45, 2.75) is 33.2 Å². The maximum atomic E-state index is 6.39. The molecular formula is C15H20ClN3. The van der Waals surface area contributed by atoms with Crippen LogP contribution in [-0.2, 0) is 19.4 Å². The number of benzene rings is 1. The molecule has 102 valence electrons. The van der Waals surface area contributed by atoms with E-state index in [0.717, 1.165) is 41.4 Å². The number of aryl methyl sites for hydroxylation is 2. The molecule has 0 aliphatic rings. The summed E-state index contributed by atoms with van der Waals surface area (Å²) in [4.78, 5) is 0. The molecule has 0 amide bonds. The number of nitrogens with zero attached hydrogens (tertiary/aromatic N) is 2. The van der Waals surface area contributed by atoms with Crippen LogP contribution in [0.4, 0.5) is 0 Å². The highest BCUT2D eigenvalue weighted by molar-refractivity contribution is 6.32. The predicted octanol–water partition coefficient (Wildman–Crippen LogP) is 3.37. The summed E-state index contributed by atoms with van der Waals surface area (Å²) >= 11 is 6.39. The van der Waals surface area contributed by atoms with E-state index < -0.39 is 0 Å². The lowest BCUT2D eigenvalue weighted by atomic mass is 10.1. The van der Waals surface area contributed by atoms with Gasteiger partial charge in [-0.2, -0.15) is 5.10 Å².